The number of hydrogen-bond donors (Lipinski definition) is 3. The number of nitrogens with zero attached hydrogens (tertiary/aromatic N) is 1. The van der Waals surface area contributed by atoms with Gasteiger partial charge in [-0.2, -0.15) is 0 Å². The minimum atomic E-state index is -3.21. The van der Waals surface area contributed by atoms with Crippen molar-refractivity contribution >= 4 is 17.7 Å². The third-order valence-electron chi connectivity index (χ3n) is 5.26. The van der Waals surface area contributed by atoms with Crippen LogP contribution in [0, 0.1) is 0 Å². The zero-order chi connectivity index (χ0) is 23.4. The number of carboxylic acids is 1. The van der Waals surface area contributed by atoms with Crippen molar-refractivity contribution in [3.63, 3.8) is 0 Å². The maximum atomic E-state index is 14.1. The lowest BCUT2D eigenvalue weighted by molar-refractivity contribution is -0.132. The number of allylic oxidation sites excluding steroid dienone is 3. The molecule has 0 aliphatic carbocycles. The SMILES string of the molecule is C/C=C(/CCCN1C(O)C(F)(F)C[C@@H]1/C=C/[C@H](O)CCCCC)S/C(=C\CC)C(=O)O. The number of aliphatic hydroxyl groups excluding tert-OH is 2. The van der Waals surface area contributed by atoms with Crippen molar-refractivity contribution in [1.82, 2.24) is 4.90 Å². The summed E-state index contributed by atoms with van der Waals surface area (Å²) in [7, 11) is 0. The van der Waals surface area contributed by atoms with E-state index in [0.29, 0.717) is 25.7 Å². The molecule has 3 N–H and O–H groups in total. The fourth-order valence-electron chi connectivity index (χ4n) is 3.54. The van der Waals surface area contributed by atoms with Gasteiger partial charge in [0.15, 0.2) is 6.23 Å². The van der Waals surface area contributed by atoms with Crippen LogP contribution in [0.4, 0.5) is 8.78 Å². The number of unbranched alkanes of at least 4 members (excludes halogenated alkanes) is 2. The van der Waals surface area contributed by atoms with E-state index in [1.807, 2.05) is 19.9 Å². The molecule has 1 unspecified atom stereocenters. The molecule has 3 atom stereocenters. The van der Waals surface area contributed by atoms with E-state index in [4.69, 9.17) is 0 Å². The number of halogens is 2. The average molecular weight is 462 g/mol. The number of thioether (sulfide) groups is 1. The Morgan fingerprint density at radius 3 is 2.58 bits per heavy atom. The van der Waals surface area contributed by atoms with Crippen LogP contribution in [-0.4, -0.2) is 57.0 Å². The Kier molecular flexibility index (Phi) is 12.6. The van der Waals surface area contributed by atoms with Gasteiger partial charge in [0.1, 0.15) is 0 Å². The van der Waals surface area contributed by atoms with Gasteiger partial charge in [0, 0.05) is 19.0 Å². The monoisotopic (exact) mass is 461 g/mol. The number of alkyl halides is 2. The van der Waals surface area contributed by atoms with Gasteiger partial charge in [-0.1, -0.05) is 69.2 Å². The molecule has 1 aliphatic heterocycles. The number of carbonyl (C=O) groups is 1. The number of hydrogen-bond acceptors (Lipinski definition) is 5. The fraction of sp³-hybridized carbons (Fsp3) is 0.696. The molecule has 0 saturated carbocycles. The van der Waals surface area contributed by atoms with E-state index in [-0.39, 0.29) is 11.4 Å². The first-order valence-electron chi connectivity index (χ1n) is 11.1. The summed E-state index contributed by atoms with van der Waals surface area (Å²) in [6.07, 6.45) is 8.76. The van der Waals surface area contributed by atoms with Crippen LogP contribution in [0.2, 0.25) is 0 Å². The highest BCUT2D eigenvalue weighted by molar-refractivity contribution is 8.07. The Bertz CT molecular complexity index is 651. The Hall–Kier alpha value is -1.22. The van der Waals surface area contributed by atoms with Gasteiger partial charge < -0.3 is 15.3 Å². The zero-order valence-corrected chi connectivity index (χ0v) is 19.6. The minimum absolute atomic E-state index is 0.246. The summed E-state index contributed by atoms with van der Waals surface area (Å²) < 4.78 is 28.3. The average Bonchev–Trinajstić information content (AvgIpc) is 2.93. The lowest BCUT2D eigenvalue weighted by Gasteiger charge is -2.26. The topological polar surface area (TPSA) is 81.0 Å². The van der Waals surface area contributed by atoms with Crippen LogP contribution in [0.15, 0.2) is 34.1 Å². The number of aliphatic hydroxyl groups is 2. The van der Waals surface area contributed by atoms with Crippen molar-refractivity contribution in [2.45, 2.75) is 96.4 Å². The van der Waals surface area contributed by atoms with Crippen molar-refractivity contribution in [2.24, 2.45) is 0 Å². The van der Waals surface area contributed by atoms with Crippen molar-refractivity contribution < 1.29 is 28.9 Å². The first-order valence-corrected chi connectivity index (χ1v) is 11.9. The molecule has 1 heterocycles. The molecular formula is C23H37F2NO4S. The second-order valence-electron chi connectivity index (χ2n) is 7.83. The van der Waals surface area contributed by atoms with E-state index in [9.17, 15) is 28.9 Å². The molecule has 0 spiro atoms. The Morgan fingerprint density at radius 2 is 2.00 bits per heavy atom. The van der Waals surface area contributed by atoms with Gasteiger partial charge in [0.2, 0.25) is 0 Å². The van der Waals surface area contributed by atoms with E-state index in [0.717, 1.165) is 24.2 Å². The molecule has 8 heteroatoms. The van der Waals surface area contributed by atoms with Crippen molar-refractivity contribution in [3.8, 4) is 0 Å². The van der Waals surface area contributed by atoms with Crippen LogP contribution in [-0.2, 0) is 4.79 Å². The smallest absolute Gasteiger partial charge is 0.342 e. The largest absolute Gasteiger partial charge is 0.477 e. The highest BCUT2D eigenvalue weighted by atomic mass is 32.2. The maximum Gasteiger partial charge on any atom is 0.342 e. The first kappa shape index (κ1) is 27.8. The molecule has 1 rings (SSSR count). The van der Waals surface area contributed by atoms with E-state index in [1.54, 1.807) is 18.2 Å². The van der Waals surface area contributed by atoms with Gasteiger partial charge in [-0.15, -0.1) is 0 Å². The first-order chi connectivity index (χ1) is 14.7. The third-order valence-corrected chi connectivity index (χ3v) is 6.52. The standard InChI is InChI=1S/C23H37F2NO4S/c1-4-7-8-11-18(27)14-13-17-16-23(24,25)22(30)26(17)15-9-12-19(6-3)31-20(10-5-2)21(28)29/h6,10,13-14,17-18,22,27,30H,4-5,7-9,11-12,15-16H2,1-3H3,(H,28,29)/b14-13+,19-6-,20-10-/t17-,18+,22?/m0/s1. The van der Waals surface area contributed by atoms with Gasteiger partial charge in [0.05, 0.1) is 11.0 Å². The van der Waals surface area contributed by atoms with Gasteiger partial charge >= 0.3 is 5.97 Å². The van der Waals surface area contributed by atoms with Crippen molar-refractivity contribution in [2.75, 3.05) is 6.54 Å². The maximum absolute atomic E-state index is 14.1. The Balaban J connectivity index is 2.70. The molecule has 1 fully saturated rings. The molecule has 1 saturated heterocycles. The zero-order valence-electron chi connectivity index (χ0n) is 18.8. The number of aliphatic carboxylic acids is 1. The van der Waals surface area contributed by atoms with Gasteiger partial charge in [-0.05, 0) is 37.5 Å². The summed E-state index contributed by atoms with van der Waals surface area (Å²) >= 11 is 1.18. The summed E-state index contributed by atoms with van der Waals surface area (Å²) in [5, 5.41) is 29.4. The van der Waals surface area contributed by atoms with Crippen LogP contribution in [0.25, 0.3) is 0 Å². The van der Waals surface area contributed by atoms with Crippen molar-refractivity contribution in [3.05, 3.63) is 34.1 Å². The van der Waals surface area contributed by atoms with Crippen LogP contribution in [0.5, 0.6) is 0 Å². The quantitative estimate of drug-likeness (QED) is 0.185. The summed E-state index contributed by atoms with van der Waals surface area (Å²) in [4.78, 5) is 13.8. The molecular weight excluding hydrogens is 424 g/mol. The lowest BCUT2D eigenvalue weighted by atomic mass is 10.1. The Labute approximate surface area is 188 Å². The highest BCUT2D eigenvalue weighted by Crippen LogP contribution is 2.38. The molecule has 1 aliphatic rings. The number of rotatable bonds is 14. The van der Waals surface area contributed by atoms with Gasteiger partial charge in [0.25, 0.3) is 5.92 Å². The van der Waals surface area contributed by atoms with Gasteiger partial charge in [-0.25, -0.2) is 13.6 Å². The molecule has 5 nitrogen and oxygen atoms in total. The molecule has 0 aromatic heterocycles. The predicted molar refractivity (Wildman–Crippen MR) is 122 cm³/mol. The van der Waals surface area contributed by atoms with E-state index >= 15 is 0 Å². The summed E-state index contributed by atoms with van der Waals surface area (Å²) in [6.45, 7) is 6.00. The molecule has 0 radical (unpaired) electrons. The van der Waals surface area contributed by atoms with E-state index in [2.05, 4.69) is 6.92 Å². The summed E-state index contributed by atoms with van der Waals surface area (Å²) in [6, 6.07) is -0.651. The fourth-order valence-corrected chi connectivity index (χ4v) is 4.52. The third kappa shape index (κ3) is 9.43. The molecule has 0 aromatic rings. The van der Waals surface area contributed by atoms with Crippen LogP contribution < -0.4 is 0 Å². The Morgan fingerprint density at radius 1 is 1.29 bits per heavy atom. The number of likely N-dealkylation sites (tertiary alicyclic amines) is 1. The lowest BCUT2D eigenvalue weighted by Crippen LogP contribution is -2.41. The minimum Gasteiger partial charge on any atom is -0.477 e. The second-order valence-corrected chi connectivity index (χ2v) is 9.00. The van der Waals surface area contributed by atoms with Crippen LogP contribution >= 0.6 is 11.8 Å². The highest BCUT2D eigenvalue weighted by Gasteiger charge is 2.52. The molecule has 0 amide bonds. The summed E-state index contributed by atoms with van der Waals surface area (Å²) in [5.41, 5.74) is 0. The molecule has 178 valence electrons. The van der Waals surface area contributed by atoms with Gasteiger partial charge in [-0.3, -0.25) is 4.90 Å². The summed E-state index contributed by atoms with van der Waals surface area (Å²) in [5.74, 6) is -4.19. The van der Waals surface area contributed by atoms with Crippen molar-refractivity contribution in [1.29, 1.82) is 0 Å². The predicted octanol–water partition coefficient (Wildman–Crippen LogP) is 5.31. The molecule has 31 heavy (non-hydrogen) atoms. The molecule has 0 aromatic carbocycles. The van der Waals surface area contributed by atoms with Crippen LogP contribution in [0.3, 0.4) is 0 Å². The van der Waals surface area contributed by atoms with E-state index in [1.165, 1.54) is 16.7 Å². The number of carboxylic acid groups (broad SMARTS) is 1. The van der Waals surface area contributed by atoms with E-state index < -0.39 is 36.7 Å². The second kappa shape index (κ2) is 14.0. The normalized spacial score (nSPS) is 23.6. The van der Waals surface area contributed by atoms with Crippen LogP contribution in [0.1, 0.15) is 72.1 Å². The molecule has 0 bridgehead atoms.